The molecule has 0 heterocycles. The smallest absolute Gasteiger partial charge is 0.222 e. The van der Waals surface area contributed by atoms with Crippen molar-refractivity contribution in [1.29, 1.82) is 0 Å². The summed E-state index contributed by atoms with van der Waals surface area (Å²) in [6.45, 7) is 0. The van der Waals surface area contributed by atoms with Crippen LogP contribution >= 0.6 is 0 Å². The Bertz CT molecular complexity index is 212. The third-order valence-electron chi connectivity index (χ3n) is 3.82. The molecule has 2 rings (SSSR count). The van der Waals surface area contributed by atoms with Crippen molar-refractivity contribution in [3.8, 4) is 0 Å². The van der Waals surface area contributed by atoms with Crippen molar-refractivity contribution in [2.45, 2.75) is 32.1 Å². The van der Waals surface area contributed by atoms with Gasteiger partial charge in [0.05, 0.1) is 0 Å². The molecule has 0 aromatic heterocycles. The summed E-state index contributed by atoms with van der Waals surface area (Å²) in [6.07, 6.45) is 6.34. The van der Waals surface area contributed by atoms with Crippen LogP contribution in [-0.4, -0.2) is 24.9 Å². The minimum absolute atomic E-state index is 0.317. The topological polar surface area (TPSA) is 20.3 Å². The highest BCUT2D eigenvalue weighted by Gasteiger charge is 2.40. The number of amides is 1. The van der Waals surface area contributed by atoms with Gasteiger partial charge in [0, 0.05) is 20.5 Å². The van der Waals surface area contributed by atoms with E-state index in [1.807, 2.05) is 14.1 Å². The summed E-state index contributed by atoms with van der Waals surface area (Å²) in [5, 5.41) is 0. The van der Waals surface area contributed by atoms with E-state index in [1.165, 1.54) is 25.7 Å². The van der Waals surface area contributed by atoms with E-state index in [0.29, 0.717) is 11.8 Å². The average molecular weight is 181 g/mol. The molecule has 13 heavy (non-hydrogen) atoms. The van der Waals surface area contributed by atoms with Gasteiger partial charge >= 0.3 is 0 Å². The molecule has 2 aliphatic carbocycles. The van der Waals surface area contributed by atoms with E-state index >= 15 is 0 Å². The normalized spacial score (nSPS) is 36.6. The first-order valence-electron chi connectivity index (χ1n) is 5.37. The van der Waals surface area contributed by atoms with Crippen LogP contribution in [0, 0.1) is 17.8 Å². The molecule has 2 heteroatoms. The first-order valence-corrected chi connectivity index (χ1v) is 5.37. The number of hydrogen-bond donors (Lipinski definition) is 0. The lowest BCUT2D eigenvalue weighted by Gasteiger charge is -2.22. The molecule has 0 aromatic rings. The van der Waals surface area contributed by atoms with Gasteiger partial charge in [-0.05, 0) is 37.0 Å². The highest BCUT2D eigenvalue weighted by atomic mass is 16.2. The van der Waals surface area contributed by atoms with Crippen molar-refractivity contribution in [2.24, 2.45) is 17.8 Å². The highest BCUT2D eigenvalue weighted by Crippen LogP contribution is 2.49. The second kappa shape index (κ2) is 3.32. The van der Waals surface area contributed by atoms with Crippen molar-refractivity contribution in [1.82, 2.24) is 4.90 Å². The first kappa shape index (κ1) is 9.04. The summed E-state index contributed by atoms with van der Waals surface area (Å²) in [4.78, 5) is 13.2. The Kier molecular flexibility index (Phi) is 2.31. The molecular weight excluding hydrogens is 162 g/mol. The SMILES string of the molecule is CN(C)C(=O)CC1CC2CCC1C2. The van der Waals surface area contributed by atoms with Gasteiger partial charge in [0.2, 0.25) is 5.91 Å². The van der Waals surface area contributed by atoms with Gasteiger partial charge in [-0.3, -0.25) is 4.79 Å². The van der Waals surface area contributed by atoms with Gasteiger partial charge in [-0.1, -0.05) is 6.42 Å². The number of hydrogen-bond acceptors (Lipinski definition) is 1. The summed E-state index contributed by atoms with van der Waals surface area (Å²) in [5.74, 6) is 2.88. The Labute approximate surface area is 80.3 Å². The summed E-state index contributed by atoms with van der Waals surface area (Å²) in [6, 6.07) is 0. The zero-order valence-corrected chi connectivity index (χ0v) is 8.62. The van der Waals surface area contributed by atoms with Crippen LogP contribution in [0.2, 0.25) is 0 Å². The molecule has 1 amide bonds. The summed E-state index contributed by atoms with van der Waals surface area (Å²) in [7, 11) is 3.71. The lowest BCUT2D eigenvalue weighted by molar-refractivity contribution is -0.130. The third-order valence-corrected chi connectivity index (χ3v) is 3.82. The zero-order chi connectivity index (χ0) is 9.42. The number of carbonyl (C=O) groups is 1. The minimum Gasteiger partial charge on any atom is -0.349 e. The van der Waals surface area contributed by atoms with Crippen LogP contribution in [0.1, 0.15) is 32.1 Å². The molecule has 0 aromatic carbocycles. The Morgan fingerprint density at radius 2 is 2.08 bits per heavy atom. The van der Waals surface area contributed by atoms with Gasteiger partial charge in [-0.15, -0.1) is 0 Å². The standard InChI is InChI=1S/C11H19NO/c1-12(2)11(13)7-10-6-8-3-4-9(10)5-8/h8-10H,3-7H2,1-2H3. The summed E-state index contributed by atoms with van der Waals surface area (Å²) >= 11 is 0. The number of rotatable bonds is 2. The minimum atomic E-state index is 0.317. The fourth-order valence-corrected chi connectivity index (χ4v) is 3.03. The molecule has 0 radical (unpaired) electrons. The van der Waals surface area contributed by atoms with Gasteiger partial charge < -0.3 is 4.90 Å². The Balaban J connectivity index is 1.86. The van der Waals surface area contributed by atoms with Crippen molar-refractivity contribution < 1.29 is 4.79 Å². The van der Waals surface area contributed by atoms with E-state index in [9.17, 15) is 4.79 Å². The maximum absolute atomic E-state index is 11.5. The Morgan fingerprint density at radius 1 is 1.31 bits per heavy atom. The lowest BCUT2D eigenvalue weighted by Crippen LogP contribution is -2.26. The highest BCUT2D eigenvalue weighted by molar-refractivity contribution is 5.75. The summed E-state index contributed by atoms with van der Waals surface area (Å²) < 4.78 is 0. The molecule has 0 N–H and O–H groups in total. The predicted octanol–water partition coefficient (Wildman–Crippen LogP) is 1.90. The summed E-state index contributed by atoms with van der Waals surface area (Å²) in [5.41, 5.74) is 0. The van der Waals surface area contributed by atoms with Crippen molar-refractivity contribution in [3.05, 3.63) is 0 Å². The van der Waals surface area contributed by atoms with Crippen LogP contribution in [0.4, 0.5) is 0 Å². The third kappa shape index (κ3) is 1.72. The molecule has 0 saturated heterocycles. The van der Waals surface area contributed by atoms with Crippen LogP contribution in [-0.2, 0) is 4.79 Å². The van der Waals surface area contributed by atoms with Gasteiger partial charge in [0.1, 0.15) is 0 Å². The molecule has 3 unspecified atom stereocenters. The second-order valence-electron chi connectivity index (χ2n) is 4.93. The van der Waals surface area contributed by atoms with Crippen LogP contribution in [0.25, 0.3) is 0 Å². The monoisotopic (exact) mass is 181 g/mol. The van der Waals surface area contributed by atoms with Crippen molar-refractivity contribution >= 4 is 5.91 Å². The zero-order valence-electron chi connectivity index (χ0n) is 8.62. The number of nitrogens with zero attached hydrogens (tertiary/aromatic N) is 1. The fraction of sp³-hybridized carbons (Fsp3) is 0.909. The van der Waals surface area contributed by atoms with E-state index in [2.05, 4.69) is 0 Å². The Morgan fingerprint density at radius 3 is 2.54 bits per heavy atom. The van der Waals surface area contributed by atoms with E-state index in [4.69, 9.17) is 0 Å². The lowest BCUT2D eigenvalue weighted by atomic mass is 9.86. The molecule has 2 saturated carbocycles. The van der Waals surface area contributed by atoms with Crippen LogP contribution in [0.15, 0.2) is 0 Å². The molecule has 2 aliphatic rings. The van der Waals surface area contributed by atoms with Crippen LogP contribution in [0.3, 0.4) is 0 Å². The van der Waals surface area contributed by atoms with Gasteiger partial charge in [0.25, 0.3) is 0 Å². The molecular formula is C11H19NO. The quantitative estimate of drug-likeness (QED) is 0.637. The van der Waals surface area contributed by atoms with E-state index in [-0.39, 0.29) is 0 Å². The van der Waals surface area contributed by atoms with Crippen LogP contribution < -0.4 is 0 Å². The van der Waals surface area contributed by atoms with Crippen molar-refractivity contribution in [2.75, 3.05) is 14.1 Å². The molecule has 0 aliphatic heterocycles. The van der Waals surface area contributed by atoms with Crippen LogP contribution in [0.5, 0.6) is 0 Å². The second-order valence-corrected chi connectivity index (χ2v) is 4.93. The molecule has 74 valence electrons. The molecule has 0 spiro atoms. The van der Waals surface area contributed by atoms with E-state index < -0.39 is 0 Å². The molecule has 2 fully saturated rings. The van der Waals surface area contributed by atoms with Crippen molar-refractivity contribution in [3.63, 3.8) is 0 Å². The predicted molar refractivity (Wildman–Crippen MR) is 52.2 cm³/mol. The maximum Gasteiger partial charge on any atom is 0.222 e. The van der Waals surface area contributed by atoms with E-state index in [1.54, 1.807) is 4.90 Å². The number of carbonyl (C=O) groups excluding carboxylic acids is 1. The first-order chi connectivity index (χ1) is 6.16. The largest absolute Gasteiger partial charge is 0.349 e. The number of fused-ring (bicyclic) bond motifs is 2. The molecule has 2 bridgehead atoms. The van der Waals surface area contributed by atoms with Gasteiger partial charge in [-0.25, -0.2) is 0 Å². The van der Waals surface area contributed by atoms with E-state index in [0.717, 1.165) is 18.3 Å². The maximum atomic E-state index is 11.5. The fourth-order valence-electron chi connectivity index (χ4n) is 3.03. The van der Waals surface area contributed by atoms with Gasteiger partial charge in [-0.2, -0.15) is 0 Å². The molecule has 2 nitrogen and oxygen atoms in total. The van der Waals surface area contributed by atoms with Gasteiger partial charge in [0.15, 0.2) is 0 Å². The molecule has 3 atom stereocenters. The Hall–Kier alpha value is -0.530. The average Bonchev–Trinajstić information content (AvgIpc) is 2.64.